The molecule has 0 atom stereocenters. The molecule has 1 rings (SSSR count). The fourth-order valence-corrected chi connectivity index (χ4v) is 1.34. The summed E-state index contributed by atoms with van der Waals surface area (Å²) in [5.74, 6) is 0.725. The van der Waals surface area contributed by atoms with E-state index in [0.29, 0.717) is 12.4 Å². The van der Waals surface area contributed by atoms with Crippen LogP contribution in [-0.2, 0) is 5.41 Å². The van der Waals surface area contributed by atoms with Crippen molar-refractivity contribution < 1.29 is 4.79 Å². The van der Waals surface area contributed by atoms with Gasteiger partial charge in [0, 0.05) is 19.0 Å². The van der Waals surface area contributed by atoms with Crippen LogP contribution in [0.15, 0.2) is 12.2 Å². The first-order valence-corrected chi connectivity index (χ1v) is 5.54. The van der Waals surface area contributed by atoms with Gasteiger partial charge >= 0.3 is 0 Å². The van der Waals surface area contributed by atoms with Crippen LogP contribution in [-0.4, -0.2) is 39.6 Å². The Bertz CT molecular complexity index is 428. The molecule has 0 aromatic carbocycles. The summed E-state index contributed by atoms with van der Waals surface area (Å²) in [6.45, 7) is 12.2. The van der Waals surface area contributed by atoms with E-state index in [2.05, 4.69) is 21.8 Å². The minimum atomic E-state index is -0.195. The number of aromatic nitrogens is 3. The van der Waals surface area contributed by atoms with Crippen LogP contribution < -0.4 is 0 Å². The Balaban J connectivity index is 2.84. The molecule has 1 heterocycles. The maximum atomic E-state index is 12.0. The summed E-state index contributed by atoms with van der Waals surface area (Å²) >= 11 is 0. The minimum absolute atomic E-state index is 0.140. The molecule has 5 heteroatoms. The minimum Gasteiger partial charge on any atom is -0.335 e. The number of nitrogens with zero attached hydrogens (tertiary/aromatic N) is 3. The fraction of sp³-hybridized carbons (Fsp3) is 0.583. The Morgan fingerprint density at radius 2 is 2.06 bits per heavy atom. The van der Waals surface area contributed by atoms with Crippen LogP contribution in [0.5, 0.6) is 0 Å². The SMILES string of the molecule is C=C(C)CN(C)C(=O)c1n[nH]c(C(C)(C)C)n1. The van der Waals surface area contributed by atoms with Crippen molar-refractivity contribution in [3.05, 3.63) is 23.8 Å². The lowest BCUT2D eigenvalue weighted by molar-refractivity contribution is 0.0795. The number of hydrogen-bond donors (Lipinski definition) is 1. The molecule has 0 bridgehead atoms. The van der Waals surface area contributed by atoms with Crippen LogP contribution in [0.1, 0.15) is 44.1 Å². The predicted octanol–water partition coefficient (Wildman–Crippen LogP) is 1.75. The zero-order chi connectivity index (χ0) is 13.2. The van der Waals surface area contributed by atoms with Gasteiger partial charge in [-0.25, -0.2) is 4.98 Å². The van der Waals surface area contributed by atoms with E-state index in [9.17, 15) is 4.79 Å². The Kier molecular flexibility index (Phi) is 3.70. The maximum Gasteiger partial charge on any atom is 0.293 e. The van der Waals surface area contributed by atoms with Crippen LogP contribution in [0.3, 0.4) is 0 Å². The number of aromatic amines is 1. The Morgan fingerprint density at radius 1 is 1.47 bits per heavy atom. The molecule has 1 aromatic rings. The number of carbonyl (C=O) groups excluding carboxylic acids is 1. The monoisotopic (exact) mass is 236 g/mol. The normalized spacial score (nSPS) is 11.4. The topological polar surface area (TPSA) is 61.9 Å². The van der Waals surface area contributed by atoms with Crippen LogP contribution in [0.25, 0.3) is 0 Å². The molecule has 0 aliphatic rings. The highest BCUT2D eigenvalue weighted by Crippen LogP contribution is 2.17. The van der Waals surface area contributed by atoms with E-state index in [1.54, 1.807) is 11.9 Å². The van der Waals surface area contributed by atoms with Gasteiger partial charge in [0.15, 0.2) is 0 Å². The van der Waals surface area contributed by atoms with Crippen LogP contribution in [0.2, 0.25) is 0 Å². The van der Waals surface area contributed by atoms with Gasteiger partial charge in [-0.3, -0.25) is 9.89 Å². The van der Waals surface area contributed by atoms with E-state index in [4.69, 9.17) is 0 Å². The van der Waals surface area contributed by atoms with Crippen LogP contribution >= 0.6 is 0 Å². The number of hydrogen-bond acceptors (Lipinski definition) is 3. The molecule has 1 amide bonds. The Hall–Kier alpha value is -1.65. The van der Waals surface area contributed by atoms with E-state index >= 15 is 0 Å². The summed E-state index contributed by atoms with van der Waals surface area (Å²) in [4.78, 5) is 17.7. The van der Waals surface area contributed by atoms with Gasteiger partial charge in [0.2, 0.25) is 5.82 Å². The van der Waals surface area contributed by atoms with E-state index in [1.165, 1.54) is 0 Å². The zero-order valence-corrected chi connectivity index (χ0v) is 11.2. The molecular weight excluding hydrogens is 216 g/mol. The highest BCUT2D eigenvalue weighted by Gasteiger charge is 2.22. The average molecular weight is 236 g/mol. The van der Waals surface area contributed by atoms with Gasteiger partial charge in [-0.2, -0.15) is 0 Å². The molecule has 1 N–H and O–H groups in total. The second kappa shape index (κ2) is 4.69. The molecule has 5 nitrogen and oxygen atoms in total. The number of carbonyl (C=O) groups is 1. The third-order valence-electron chi connectivity index (χ3n) is 2.24. The summed E-state index contributed by atoms with van der Waals surface area (Å²) in [6, 6.07) is 0. The quantitative estimate of drug-likeness (QED) is 0.813. The van der Waals surface area contributed by atoms with Crippen molar-refractivity contribution in [2.45, 2.75) is 33.1 Å². The van der Waals surface area contributed by atoms with Crippen LogP contribution in [0, 0.1) is 0 Å². The first-order valence-electron chi connectivity index (χ1n) is 5.54. The lowest BCUT2D eigenvalue weighted by Crippen LogP contribution is -2.29. The largest absolute Gasteiger partial charge is 0.335 e. The van der Waals surface area contributed by atoms with Gasteiger partial charge < -0.3 is 4.90 Å². The lowest BCUT2D eigenvalue weighted by atomic mass is 9.96. The molecule has 0 aliphatic heterocycles. The van der Waals surface area contributed by atoms with Crippen molar-refractivity contribution >= 4 is 5.91 Å². The van der Waals surface area contributed by atoms with Gasteiger partial charge in [-0.15, -0.1) is 5.10 Å². The van der Waals surface area contributed by atoms with E-state index in [1.807, 2.05) is 27.7 Å². The molecule has 0 aliphatic carbocycles. The third kappa shape index (κ3) is 3.41. The summed E-state index contributed by atoms with van der Waals surface area (Å²) in [7, 11) is 1.71. The molecule has 0 radical (unpaired) electrons. The molecular formula is C12H20N4O. The first kappa shape index (κ1) is 13.4. The highest BCUT2D eigenvalue weighted by molar-refractivity contribution is 5.90. The predicted molar refractivity (Wildman–Crippen MR) is 66.9 cm³/mol. The van der Waals surface area contributed by atoms with Crippen molar-refractivity contribution in [1.82, 2.24) is 20.1 Å². The van der Waals surface area contributed by atoms with Crippen molar-refractivity contribution in [2.24, 2.45) is 0 Å². The summed E-state index contributed by atoms with van der Waals surface area (Å²) in [6.07, 6.45) is 0. The fourth-order valence-electron chi connectivity index (χ4n) is 1.34. The molecule has 1 aromatic heterocycles. The molecule has 0 saturated heterocycles. The van der Waals surface area contributed by atoms with Gasteiger partial charge in [-0.05, 0) is 6.92 Å². The highest BCUT2D eigenvalue weighted by atomic mass is 16.2. The van der Waals surface area contributed by atoms with Crippen molar-refractivity contribution in [3.8, 4) is 0 Å². The average Bonchev–Trinajstić information content (AvgIpc) is 2.63. The van der Waals surface area contributed by atoms with Gasteiger partial charge in [-0.1, -0.05) is 32.9 Å². The molecule has 0 unspecified atom stereocenters. The zero-order valence-electron chi connectivity index (χ0n) is 11.2. The smallest absolute Gasteiger partial charge is 0.293 e. The lowest BCUT2D eigenvalue weighted by Gasteiger charge is -2.15. The molecule has 0 fully saturated rings. The van der Waals surface area contributed by atoms with Crippen molar-refractivity contribution in [1.29, 1.82) is 0 Å². The summed E-state index contributed by atoms with van der Waals surface area (Å²) in [5.41, 5.74) is 0.783. The maximum absolute atomic E-state index is 12.0. The number of likely N-dealkylation sites (N-methyl/N-ethyl adjacent to an activating group) is 1. The number of H-pyrrole nitrogens is 1. The van der Waals surface area contributed by atoms with E-state index < -0.39 is 0 Å². The summed E-state index contributed by atoms with van der Waals surface area (Å²) < 4.78 is 0. The third-order valence-corrected chi connectivity index (χ3v) is 2.24. The standard InChI is InChI=1S/C12H20N4O/c1-8(2)7-16(6)10(17)9-13-11(15-14-9)12(3,4)5/h1,7H2,2-6H3,(H,13,14,15). The Morgan fingerprint density at radius 3 is 2.47 bits per heavy atom. The summed E-state index contributed by atoms with van der Waals surface area (Å²) in [5, 5.41) is 6.76. The second-order valence-corrected chi connectivity index (χ2v) is 5.38. The van der Waals surface area contributed by atoms with E-state index in [-0.39, 0.29) is 17.1 Å². The first-order chi connectivity index (χ1) is 7.71. The number of nitrogens with one attached hydrogen (secondary N) is 1. The van der Waals surface area contributed by atoms with Gasteiger partial charge in [0.1, 0.15) is 5.82 Å². The molecule has 94 valence electrons. The number of rotatable bonds is 3. The van der Waals surface area contributed by atoms with Gasteiger partial charge in [0.25, 0.3) is 5.91 Å². The van der Waals surface area contributed by atoms with Crippen LogP contribution in [0.4, 0.5) is 0 Å². The second-order valence-electron chi connectivity index (χ2n) is 5.38. The molecule has 0 spiro atoms. The van der Waals surface area contributed by atoms with Crippen molar-refractivity contribution in [2.75, 3.05) is 13.6 Å². The van der Waals surface area contributed by atoms with Crippen molar-refractivity contribution in [3.63, 3.8) is 0 Å². The Labute approximate surface area is 102 Å². The van der Waals surface area contributed by atoms with E-state index in [0.717, 1.165) is 5.57 Å². The molecule has 17 heavy (non-hydrogen) atoms. The number of amides is 1. The molecule has 0 saturated carbocycles. The van der Waals surface area contributed by atoms with Gasteiger partial charge in [0.05, 0.1) is 0 Å².